The maximum absolute atomic E-state index is 12.5. The number of likely N-dealkylation sites (tertiary alicyclic amines) is 1. The second kappa shape index (κ2) is 5.27. The minimum absolute atomic E-state index is 0.0653. The molecule has 0 N–H and O–H groups in total. The molecule has 0 radical (unpaired) electrons. The number of benzene rings is 1. The summed E-state index contributed by atoms with van der Waals surface area (Å²) in [5.74, 6) is 0.548. The lowest BCUT2D eigenvalue weighted by Crippen LogP contribution is -2.48. The third-order valence-electron chi connectivity index (χ3n) is 4.36. The van der Waals surface area contributed by atoms with Crippen molar-refractivity contribution in [2.45, 2.75) is 19.8 Å². The van der Waals surface area contributed by atoms with E-state index in [1.807, 2.05) is 31.2 Å². The Labute approximate surface area is 118 Å². The van der Waals surface area contributed by atoms with Crippen LogP contribution in [0.1, 0.15) is 29.3 Å². The Hall–Kier alpha value is -1.84. The molecule has 4 nitrogen and oxygen atoms in total. The molecule has 20 heavy (non-hydrogen) atoms. The molecule has 4 heteroatoms. The number of amides is 1. The first kappa shape index (κ1) is 13.2. The molecular formula is C16H19NO3. The Kier molecular flexibility index (Phi) is 3.47. The van der Waals surface area contributed by atoms with Gasteiger partial charge in [0, 0.05) is 24.6 Å². The minimum Gasteiger partial charge on any atom is -0.450 e. The molecule has 1 aliphatic carbocycles. The van der Waals surface area contributed by atoms with E-state index in [9.17, 15) is 9.59 Å². The highest BCUT2D eigenvalue weighted by Crippen LogP contribution is 2.35. The molecule has 1 heterocycles. The van der Waals surface area contributed by atoms with Crippen molar-refractivity contribution in [3.8, 4) is 0 Å². The van der Waals surface area contributed by atoms with Gasteiger partial charge in [0.2, 0.25) is 0 Å². The van der Waals surface area contributed by atoms with Crippen LogP contribution in [-0.4, -0.2) is 36.5 Å². The SMILES string of the molecule is CCOC(=O)N1CC[C@@H]2C(=O)c3ccccc3C[C@H]2C1. The van der Waals surface area contributed by atoms with Crippen molar-refractivity contribution < 1.29 is 14.3 Å². The molecule has 1 aromatic carbocycles. The molecule has 1 fully saturated rings. The van der Waals surface area contributed by atoms with Crippen molar-refractivity contribution in [1.82, 2.24) is 4.90 Å². The summed E-state index contributed by atoms with van der Waals surface area (Å²) in [5, 5.41) is 0. The molecule has 1 saturated heterocycles. The number of hydrogen-bond donors (Lipinski definition) is 0. The summed E-state index contributed by atoms with van der Waals surface area (Å²) in [6.45, 7) is 3.45. The lowest BCUT2D eigenvalue weighted by atomic mass is 9.71. The standard InChI is InChI=1S/C16H19NO3/c1-2-20-16(19)17-8-7-14-12(10-17)9-11-5-3-4-6-13(11)15(14)18/h3-6,12,14H,2,7-10H2,1H3/t12-,14-/m0/s1. The molecule has 2 atom stereocenters. The summed E-state index contributed by atoms with van der Waals surface area (Å²) < 4.78 is 5.06. The first-order valence-corrected chi connectivity index (χ1v) is 7.24. The largest absolute Gasteiger partial charge is 0.450 e. The van der Waals surface area contributed by atoms with Gasteiger partial charge < -0.3 is 9.64 Å². The molecule has 3 rings (SSSR count). The summed E-state index contributed by atoms with van der Waals surface area (Å²) in [7, 11) is 0. The van der Waals surface area contributed by atoms with Gasteiger partial charge in [-0.2, -0.15) is 0 Å². The number of Topliss-reactive ketones (excluding diaryl/α,β-unsaturated/α-hetero) is 1. The Morgan fingerprint density at radius 3 is 3.00 bits per heavy atom. The van der Waals surface area contributed by atoms with Crippen LogP contribution < -0.4 is 0 Å². The van der Waals surface area contributed by atoms with E-state index in [1.54, 1.807) is 4.90 Å². The molecule has 0 spiro atoms. The monoisotopic (exact) mass is 273 g/mol. The number of carbonyl (C=O) groups excluding carboxylic acids is 2. The van der Waals surface area contributed by atoms with E-state index in [0.717, 1.165) is 24.0 Å². The number of nitrogens with zero attached hydrogens (tertiary/aromatic N) is 1. The van der Waals surface area contributed by atoms with Crippen molar-refractivity contribution in [3.63, 3.8) is 0 Å². The van der Waals surface area contributed by atoms with Crippen LogP contribution in [0, 0.1) is 11.8 Å². The van der Waals surface area contributed by atoms with E-state index < -0.39 is 0 Å². The first-order chi connectivity index (χ1) is 9.70. The highest BCUT2D eigenvalue weighted by atomic mass is 16.6. The second-order valence-corrected chi connectivity index (χ2v) is 5.53. The zero-order chi connectivity index (χ0) is 14.1. The fourth-order valence-corrected chi connectivity index (χ4v) is 3.39. The molecular weight excluding hydrogens is 254 g/mol. The fourth-order valence-electron chi connectivity index (χ4n) is 3.39. The topological polar surface area (TPSA) is 46.6 Å². The zero-order valence-electron chi connectivity index (χ0n) is 11.7. The number of hydrogen-bond acceptors (Lipinski definition) is 3. The van der Waals surface area contributed by atoms with Crippen LogP contribution in [0.4, 0.5) is 4.79 Å². The lowest BCUT2D eigenvalue weighted by Gasteiger charge is -2.40. The first-order valence-electron chi connectivity index (χ1n) is 7.24. The molecule has 0 saturated carbocycles. The van der Waals surface area contributed by atoms with Gasteiger partial charge in [-0.3, -0.25) is 4.79 Å². The molecule has 0 unspecified atom stereocenters. The van der Waals surface area contributed by atoms with Gasteiger partial charge in [0.25, 0.3) is 0 Å². The van der Waals surface area contributed by atoms with Gasteiger partial charge in [-0.25, -0.2) is 4.79 Å². The van der Waals surface area contributed by atoms with Crippen molar-refractivity contribution in [3.05, 3.63) is 35.4 Å². The van der Waals surface area contributed by atoms with Crippen LogP contribution in [0.25, 0.3) is 0 Å². The average molecular weight is 273 g/mol. The highest BCUT2D eigenvalue weighted by molar-refractivity contribution is 6.00. The average Bonchev–Trinajstić information content (AvgIpc) is 2.47. The summed E-state index contributed by atoms with van der Waals surface area (Å²) in [6, 6.07) is 7.83. The summed E-state index contributed by atoms with van der Waals surface area (Å²) in [6.07, 6.45) is 1.37. The van der Waals surface area contributed by atoms with E-state index >= 15 is 0 Å². The summed E-state index contributed by atoms with van der Waals surface area (Å²) in [5.41, 5.74) is 1.99. The van der Waals surface area contributed by atoms with Gasteiger partial charge in [0.15, 0.2) is 5.78 Å². The van der Waals surface area contributed by atoms with Crippen LogP contribution in [0.15, 0.2) is 24.3 Å². The third kappa shape index (κ3) is 2.19. The Morgan fingerprint density at radius 2 is 2.20 bits per heavy atom. The predicted molar refractivity (Wildman–Crippen MR) is 74.7 cm³/mol. The van der Waals surface area contributed by atoms with Crippen LogP contribution in [0.2, 0.25) is 0 Å². The zero-order valence-corrected chi connectivity index (χ0v) is 11.7. The van der Waals surface area contributed by atoms with E-state index in [4.69, 9.17) is 4.74 Å². The quantitative estimate of drug-likeness (QED) is 0.790. The van der Waals surface area contributed by atoms with Crippen molar-refractivity contribution in [2.75, 3.05) is 19.7 Å². The normalized spacial score (nSPS) is 24.9. The van der Waals surface area contributed by atoms with Gasteiger partial charge in [0.05, 0.1) is 6.61 Å². The molecule has 2 aliphatic rings. The fraction of sp³-hybridized carbons (Fsp3) is 0.500. The summed E-state index contributed by atoms with van der Waals surface area (Å²) >= 11 is 0. The molecule has 1 amide bonds. The molecule has 106 valence electrons. The van der Waals surface area contributed by atoms with E-state index in [0.29, 0.717) is 19.7 Å². The van der Waals surface area contributed by atoms with E-state index in [2.05, 4.69) is 0 Å². The number of ketones is 1. The molecule has 1 aliphatic heterocycles. The number of carbonyl (C=O) groups is 2. The number of fused-ring (bicyclic) bond motifs is 2. The van der Waals surface area contributed by atoms with Crippen molar-refractivity contribution in [1.29, 1.82) is 0 Å². The van der Waals surface area contributed by atoms with Crippen molar-refractivity contribution in [2.24, 2.45) is 11.8 Å². The summed E-state index contributed by atoms with van der Waals surface area (Å²) in [4.78, 5) is 26.1. The van der Waals surface area contributed by atoms with Crippen LogP contribution in [0.3, 0.4) is 0 Å². The molecule has 1 aromatic rings. The van der Waals surface area contributed by atoms with Gasteiger partial charge >= 0.3 is 6.09 Å². The number of piperidine rings is 1. The van der Waals surface area contributed by atoms with Crippen molar-refractivity contribution >= 4 is 11.9 Å². The van der Waals surface area contributed by atoms with Gasteiger partial charge in [-0.05, 0) is 31.2 Å². The highest BCUT2D eigenvalue weighted by Gasteiger charge is 2.40. The van der Waals surface area contributed by atoms with E-state index in [1.165, 1.54) is 0 Å². The number of ether oxygens (including phenoxy) is 1. The van der Waals surface area contributed by atoms with E-state index in [-0.39, 0.29) is 23.7 Å². The van der Waals surface area contributed by atoms with Crippen LogP contribution in [0.5, 0.6) is 0 Å². The maximum Gasteiger partial charge on any atom is 0.409 e. The van der Waals surface area contributed by atoms with Gasteiger partial charge in [-0.1, -0.05) is 24.3 Å². The predicted octanol–water partition coefficient (Wildman–Crippen LogP) is 2.52. The van der Waals surface area contributed by atoms with Crippen LogP contribution in [-0.2, 0) is 11.2 Å². The Bertz CT molecular complexity index is 540. The minimum atomic E-state index is -0.253. The van der Waals surface area contributed by atoms with Crippen LogP contribution >= 0.6 is 0 Å². The maximum atomic E-state index is 12.5. The molecule has 0 bridgehead atoms. The Balaban J connectivity index is 1.79. The number of rotatable bonds is 1. The smallest absolute Gasteiger partial charge is 0.409 e. The Morgan fingerprint density at radius 1 is 1.40 bits per heavy atom. The second-order valence-electron chi connectivity index (χ2n) is 5.53. The lowest BCUT2D eigenvalue weighted by molar-refractivity contribution is 0.0567. The van der Waals surface area contributed by atoms with Gasteiger partial charge in [0.1, 0.15) is 0 Å². The third-order valence-corrected chi connectivity index (χ3v) is 4.36. The molecule has 0 aromatic heterocycles. The van der Waals surface area contributed by atoms with Gasteiger partial charge in [-0.15, -0.1) is 0 Å².